The molecule has 2 aliphatic heterocycles. The van der Waals surface area contributed by atoms with Crippen LogP contribution in [-0.4, -0.2) is 75.5 Å². The summed E-state index contributed by atoms with van der Waals surface area (Å²) in [6.07, 6.45) is -7.23. The summed E-state index contributed by atoms with van der Waals surface area (Å²) >= 11 is 0. The van der Waals surface area contributed by atoms with Gasteiger partial charge in [-0.15, -0.1) is 0 Å². The van der Waals surface area contributed by atoms with Crippen LogP contribution < -0.4 is 0 Å². The second kappa shape index (κ2) is 6.45. The Bertz CT molecular complexity index is 352. The highest BCUT2D eigenvalue weighted by Gasteiger charge is 2.47. The van der Waals surface area contributed by atoms with E-state index in [0.29, 0.717) is 0 Å². The molecule has 21 heavy (non-hydrogen) atoms. The first kappa shape index (κ1) is 17.1. The summed E-state index contributed by atoms with van der Waals surface area (Å²) in [7, 11) is 0. The normalized spacial score (nSPS) is 55.4. The van der Waals surface area contributed by atoms with E-state index in [1.807, 2.05) is 0 Å². The fourth-order valence-electron chi connectivity index (χ4n) is 2.95. The molecule has 0 saturated carbocycles. The monoisotopic (exact) mass is 306 g/mol. The molecule has 0 spiro atoms. The van der Waals surface area contributed by atoms with Crippen molar-refractivity contribution in [1.29, 1.82) is 0 Å². The van der Waals surface area contributed by atoms with Crippen LogP contribution in [0.4, 0.5) is 0 Å². The summed E-state index contributed by atoms with van der Waals surface area (Å²) in [5, 5.41) is 40.0. The number of aliphatic hydroxyl groups excluding tert-OH is 4. The minimum Gasteiger partial charge on any atom is -0.390 e. The van der Waals surface area contributed by atoms with Crippen LogP contribution in [0.1, 0.15) is 27.7 Å². The lowest BCUT2D eigenvalue weighted by molar-refractivity contribution is -0.326. The van der Waals surface area contributed by atoms with Crippen LogP contribution in [0.2, 0.25) is 0 Å². The van der Waals surface area contributed by atoms with Gasteiger partial charge in [0.25, 0.3) is 0 Å². The largest absolute Gasteiger partial charge is 0.390 e. The molecule has 2 fully saturated rings. The fraction of sp³-hybridized carbons (Fsp3) is 1.00. The van der Waals surface area contributed by atoms with Crippen molar-refractivity contribution in [3.05, 3.63) is 0 Å². The lowest BCUT2D eigenvalue weighted by atomic mass is 9.91. The summed E-state index contributed by atoms with van der Waals surface area (Å²) < 4.78 is 16.6. The molecule has 0 aliphatic carbocycles. The molecule has 10 atom stereocenters. The highest BCUT2D eigenvalue weighted by Crippen LogP contribution is 2.30. The molecule has 0 aromatic carbocycles. The Morgan fingerprint density at radius 1 is 0.667 bits per heavy atom. The molecule has 2 saturated heterocycles. The average molecular weight is 306 g/mol. The third kappa shape index (κ3) is 3.24. The minimum absolute atomic E-state index is 0.417. The smallest absolute Gasteiger partial charge is 0.184 e. The van der Waals surface area contributed by atoms with E-state index in [1.54, 1.807) is 27.7 Å². The number of hydrogen-bond acceptors (Lipinski definition) is 7. The Morgan fingerprint density at radius 3 is 1.86 bits per heavy atom. The van der Waals surface area contributed by atoms with Crippen LogP contribution in [0, 0.1) is 5.92 Å². The summed E-state index contributed by atoms with van der Waals surface area (Å²) in [5.41, 5.74) is 0. The molecule has 0 aromatic rings. The van der Waals surface area contributed by atoms with Gasteiger partial charge < -0.3 is 34.6 Å². The quantitative estimate of drug-likeness (QED) is 0.518. The zero-order chi connectivity index (χ0) is 15.9. The van der Waals surface area contributed by atoms with Crippen molar-refractivity contribution < 1.29 is 34.6 Å². The Morgan fingerprint density at radius 2 is 1.24 bits per heavy atom. The van der Waals surface area contributed by atoms with E-state index in [-0.39, 0.29) is 0 Å². The van der Waals surface area contributed by atoms with Gasteiger partial charge in [0.05, 0.1) is 24.4 Å². The van der Waals surface area contributed by atoms with E-state index >= 15 is 0 Å². The molecule has 2 heterocycles. The summed E-state index contributed by atoms with van der Waals surface area (Å²) in [6, 6.07) is 0. The van der Waals surface area contributed by atoms with Crippen molar-refractivity contribution in [3.8, 4) is 0 Å². The van der Waals surface area contributed by atoms with Crippen LogP contribution in [0.5, 0.6) is 0 Å². The first-order valence-electron chi connectivity index (χ1n) is 7.42. The summed E-state index contributed by atoms with van der Waals surface area (Å²) in [5.74, 6) is -0.417. The van der Waals surface area contributed by atoms with E-state index < -0.39 is 61.0 Å². The zero-order valence-electron chi connectivity index (χ0n) is 12.8. The molecule has 124 valence electrons. The van der Waals surface area contributed by atoms with Crippen LogP contribution in [0.25, 0.3) is 0 Å². The Kier molecular flexibility index (Phi) is 5.25. The van der Waals surface area contributed by atoms with Gasteiger partial charge in [0.2, 0.25) is 0 Å². The molecular weight excluding hydrogens is 280 g/mol. The maximum atomic E-state index is 10.2. The molecule has 0 aromatic heterocycles. The highest BCUT2D eigenvalue weighted by molar-refractivity contribution is 4.92. The van der Waals surface area contributed by atoms with E-state index in [2.05, 4.69) is 0 Å². The Labute approximate surface area is 124 Å². The van der Waals surface area contributed by atoms with Gasteiger partial charge in [-0.25, -0.2) is 0 Å². The molecule has 0 amide bonds. The van der Waals surface area contributed by atoms with Crippen molar-refractivity contribution in [2.75, 3.05) is 0 Å². The van der Waals surface area contributed by atoms with Crippen molar-refractivity contribution in [3.63, 3.8) is 0 Å². The second-order valence-electron chi connectivity index (χ2n) is 6.18. The molecule has 7 heteroatoms. The maximum Gasteiger partial charge on any atom is 0.184 e. The van der Waals surface area contributed by atoms with Gasteiger partial charge in [0, 0.05) is 5.92 Å². The van der Waals surface area contributed by atoms with Gasteiger partial charge in [-0.1, -0.05) is 6.92 Å². The molecule has 0 bridgehead atoms. The first-order valence-corrected chi connectivity index (χ1v) is 7.42. The third-order valence-corrected chi connectivity index (χ3v) is 4.54. The number of rotatable bonds is 2. The standard InChI is InChI=1S/C14H26O7/c1-5-9(15)6(2)20-14(10(5)16)21-13-8(4)19-7(3)11(17)12(13)18/h5-18H,1-4H3/t5?,6?,7?,8?,9-,10-,11+,12+,13?,14-/m1/s1. The van der Waals surface area contributed by atoms with E-state index in [1.165, 1.54) is 0 Å². The molecule has 2 rings (SSSR count). The van der Waals surface area contributed by atoms with Gasteiger partial charge in [-0.2, -0.15) is 0 Å². The minimum atomic E-state index is -1.13. The van der Waals surface area contributed by atoms with Crippen molar-refractivity contribution in [2.24, 2.45) is 5.92 Å². The van der Waals surface area contributed by atoms with Gasteiger partial charge in [0.15, 0.2) is 6.29 Å². The lowest BCUT2D eigenvalue weighted by Crippen LogP contribution is -2.60. The predicted molar refractivity (Wildman–Crippen MR) is 72.4 cm³/mol. The van der Waals surface area contributed by atoms with Crippen LogP contribution in [-0.2, 0) is 14.2 Å². The highest BCUT2D eigenvalue weighted by atomic mass is 16.7. The fourth-order valence-corrected chi connectivity index (χ4v) is 2.95. The van der Waals surface area contributed by atoms with Gasteiger partial charge >= 0.3 is 0 Å². The Balaban J connectivity index is 2.06. The van der Waals surface area contributed by atoms with Gasteiger partial charge in [0.1, 0.15) is 24.4 Å². The SMILES string of the molecule is CC1OC(C)[C@H](O)[C@H](O)C1O[C@H]1OC(C)[C@H](O)C(C)[C@H]1O. The number of ether oxygens (including phenoxy) is 3. The Hall–Kier alpha value is -0.280. The predicted octanol–water partition coefficient (Wildman–Crippen LogP) is -0.997. The van der Waals surface area contributed by atoms with Crippen molar-refractivity contribution in [1.82, 2.24) is 0 Å². The van der Waals surface area contributed by atoms with E-state index in [9.17, 15) is 20.4 Å². The van der Waals surface area contributed by atoms with E-state index in [4.69, 9.17) is 14.2 Å². The molecule has 5 unspecified atom stereocenters. The molecule has 7 nitrogen and oxygen atoms in total. The maximum absolute atomic E-state index is 10.2. The molecular formula is C14H26O7. The molecule has 2 aliphatic rings. The van der Waals surface area contributed by atoms with Crippen LogP contribution >= 0.6 is 0 Å². The second-order valence-corrected chi connectivity index (χ2v) is 6.18. The van der Waals surface area contributed by atoms with Crippen LogP contribution in [0.15, 0.2) is 0 Å². The lowest BCUT2D eigenvalue weighted by Gasteiger charge is -2.45. The number of hydrogen-bond donors (Lipinski definition) is 4. The van der Waals surface area contributed by atoms with E-state index in [0.717, 1.165) is 0 Å². The van der Waals surface area contributed by atoms with Crippen LogP contribution in [0.3, 0.4) is 0 Å². The van der Waals surface area contributed by atoms with Crippen molar-refractivity contribution >= 4 is 0 Å². The van der Waals surface area contributed by atoms with Crippen molar-refractivity contribution in [2.45, 2.75) is 82.8 Å². The zero-order valence-corrected chi connectivity index (χ0v) is 12.8. The number of aliphatic hydroxyl groups is 4. The average Bonchev–Trinajstić information content (AvgIpc) is 2.44. The van der Waals surface area contributed by atoms with Gasteiger partial charge in [-0.05, 0) is 20.8 Å². The molecule has 4 N–H and O–H groups in total. The summed E-state index contributed by atoms with van der Waals surface area (Å²) in [4.78, 5) is 0. The molecule has 0 radical (unpaired) electrons. The topological polar surface area (TPSA) is 109 Å². The third-order valence-electron chi connectivity index (χ3n) is 4.54. The van der Waals surface area contributed by atoms with Gasteiger partial charge in [-0.3, -0.25) is 0 Å². The first-order chi connectivity index (χ1) is 9.73. The summed E-state index contributed by atoms with van der Waals surface area (Å²) in [6.45, 7) is 6.80.